The number of hydrogen-bond acceptors (Lipinski definition) is 11. The minimum absolute atomic E-state index is 0.00842. The van der Waals surface area contributed by atoms with Crippen LogP contribution >= 0.6 is 0 Å². The van der Waals surface area contributed by atoms with E-state index in [0.29, 0.717) is 43.8 Å². The molecular formula is C44H52N8O11. The van der Waals surface area contributed by atoms with Gasteiger partial charge in [-0.3, -0.25) is 19.2 Å². The van der Waals surface area contributed by atoms with E-state index in [2.05, 4.69) is 27.5 Å². The number of benzene rings is 2. The van der Waals surface area contributed by atoms with E-state index in [4.69, 9.17) is 24.1 Å². The molecule has 5 amide bonds. The summed E-state index contributed by atoms with van der Waals surface area (Å²) in [4.78, 5) is 72.7. The van der Waals surface area contributed by atoms with Crippen LogP contribution < -0.4 is 30.3 Å². The van der Waals surface area contributed by atoms with Crippen molar-refractivity contribution in [2.75, 3.05) is 55.6 Å². The summed E-state index contributed by atoms with van der Waals surface area (Å²) in [6.07, 6.45) is 3.74. The van der Waals surface area contributed by atoms with E-state index >= 15 is 0 Å². The van der Waals surface area contributed by atoms with Gasteiger partial charge in [-0.2, -0.15) is 0 Å². The molecule has 63 heavy (non-hydrogen) atoms. The van der Waals surface area contributed by atoms with Crippen LogP contribution in [0.3, 0.4) is 0 Å². The van der Waals surface area contributed by atoms with Crippen LogP contribution in [0.1, 0.15) is 76.4 Å². The summed E-state index contributed by atoms with van der Waals surface area (Å²) in [5.74, 6) is -0.886. The van der Waals surface area contributed by atoms with Gasteiger partial charge in [-0.15, -0.1) is 0 Å². The quantitative estimate of drug-likeness (QED) is 0.0761. The third-order valence-electron chi connectivity index (χ3n) is 11.0. The first-order valence-corrected chi connectivity index (χ1v) is 20.8. The summed E-state index contributed by atoms with van der Waals surface area (Å²) in [7, 11) is 4.82. The van der Waals surface area contributed by atoms with Crippen LogP contribution in [0.15, 0.2) is 67.0 Å². The summed E-state index contributed by atoms with van der Waals surface area (Å²) < 4.78 is 27.0. The van der Waals surface area contributed by atoms with Gasteiger partial charge < -0.3 is 59.1 Å². The van der Waals surface area contributed by atoms with Crippen LogP contribution in [0.5, 0.6) is 11.5 Å². The van der Waals surface area contributed by atoms with Crippen LogP contribution in [0, 0.1) is 0 Å². The molecule has 19 nitrogen and oxygen atoms in total. The second-order valence-electron chi connectivity index (χ2n) is 15.6. The number of aromatic nitrogens is 3. The van der Waals surface area contributed by atoms with Crippen molar-refractivity contribution < 1.29 is 53.1 Å². The van der Waals surface area contributed by atoms with Crippen LogP contribution in [-0.2, 0) is 28.4 Å². The first kappa shape index (κ1) is 44.4. The molecule has 2 aromatic carbocycles. The van der Waals surface area contributed by atoms with Crippen LogP contribution in [0.25, 0.3) is 11.1 Å². The highest BCUT2D eigenvalue weighted by Crippen LogP contribution is 2.43. The smallest absolute Gasteiger partial charge is 0.414 e. The number of hydrogen-bond donors (Lipinski definition) is 5. The number of carbonyl (C=O) groups is 5. The number of aryl methyl sites for hydroxylation is 2. The molecular weight excluding hydrogens is 817 g/mol. The van der Waals surface area contributed by atoms with Crippen molar-refractivity contribution in [3.8, 4) is 22.6 Å². The monoisotopic (exact) mass is 868 g/mol. The molecule has 3 aliphatic heterocycles. The molecule has 3 atom stereocenters. The number of imidazole rings is 1. The first-order valence-electron chi connectivity index (χ1n) is 20.8. The summed E-state index contributed by atoms with van der Waals surface area (Å²) in [6.45, 7) is 5.21. The average molecular weight is 869 g/mol. The molecule has 0 saturated carbocycles. The number of aliphatic hydroxyl groups excluding tert-OH is 1. The van der Waals surface area contributed by atoms with Gasteiger partial charge in [-0.1, -0.05) is 24.3 Å². The number of anilines is 3. The molecule has 0 bridgehead atoms. The minimum Gasteiger partial charge on any atom is -0.493 e. The normalized spacial score (nSPS) is 18.3. The van der Waals surface area contributed by atoms with Crippen LogP contribution in [0.4, 0.5) is 22.0 Å². The first-order chi connectivity index (χ1) is 30.3. The van der Waals surface area contributed by atoms with Gasteiger partial charge in [0.2, 0.25) is 11.7 Å². The number of methoxy groups -OCH3 is 1. The fourth-order valence-electron chi connectivity index (χ4n) is 7.91. The highest BCUT2D eigenvalue weighted by atomic mass is 16.7. The van der Waals surface area contributed by atoms with Crippen molar-refractivity contribution >= 4 is 46.9 Å². The molecule has 2 saturated heterocycles. The number of fused-ring (bicyclic) bond motifs is 2. The lowest BCUT2D eigenvalue weighted by atomic mass is 10.1. The molecule has 3 aliphatic rings. The van der Waals surface area contributed by atoms with E-state index in [1.807, 2.05) is 18.3 Å². The fourth-order valence-corrected chi connectivity index (χ4v) is 7.91. The van der Waals surface area contributed by atoms with Gasteiger partial charge in [0.25, 0.3) is 17.7 Å². The second kappa shape index (κ2) is 19.6. The highest BCUT2D eigenvalue weighted by molar-refractivity contribution is 6.06. The standard InChI is InChI=1S/C44H52N8O11/c1-26-19-33-43(63-38-10-5-6-17-62-38)52(44(58)59)31-22-35(34(60-4)21-30(31)42(57)51(33)23-26)61-18-7-9-37(54)47-36-25-50(3)39(48-36)41(56)46-29-13-11-27(12-14-29)28-20-32(49(2)24-28)40(55)45-15-8-16-53/h11-14,20-22,24-25,33,38,43,53H,1,5-10,15-19,23H2,2-4H3,(H,45,55)(H,46,56)(H,47,54)(H,58,59). The molecule has 7 rings (SSSR count). The minimum atomic E-state index is -1.32. The summed E-state index contributed by atoms with van der Waals surface area (Å²) in [5, 5.41) is 27.9. The fraction of sp³-hybridized carbons (Fsp3) is 0.409. The molecule has 2 aromatic heterocycles. The molecule has 5 N–H and O–H groups in total. The number of ether oxygens (including phenoxy) is 4. The highest BCUT2D eigenvalue weighted by Gasteiger charge is 2.48. The number of nitrogens with zero attached hydrogens (tertiary/aromatic N) is 5. The number of amides is 5. The summed E-state index contributed by atoms with van der Waals surface area (Å²) in [5.41, 5.74) is 3.60. The molecule has 2 fully saturated rings. The molecule has 3 unspecified atom stereocenters. The predicted molar refractivity (Wildman–Crippen MR) is 230 cm³/mol. The molecule has 0 aliphatic carbocycles. The number of carbonyl (C=O) groups excluding carboxylic acids is 4. The van der Waals surface area contributed by atoms with Crippen molar-refractivity contribution in [1.82, 2.24) is 24.3 Å². The number of carboxylic acid groups (broad SMARTS) is 1. The molecule has 4 aromatic rings. The Hall–Kier alpha value is -6.70. The van der Waals surface area contributed by atoms with Crippen LogP contribution in [-0.4, -0.2) is 118 Å². The lowest BCUT2D eigenvalue weighted by Crippen LogP contribution is -2.53. The van der Waals surface area contributed by atoms with Gasteiger partial charge in [0, 0.05) is 76.5 Å². The maximum Gasteiger partial charge on any atom is 0.414 e. The Morgan fingerprint density at radius 2 is 1.76 bits per heavy atom. The maximum absolute atomic E-state index is 14.0. The zero-order valence-electron chi connectivity index (χ0n) is 35.4. The SMILES string of the molecule is C=C1CC2C(OC3CCCCO3)N(C(=O)O)c3cc(OCCCC(=O)Nc4cn(C)c(C(=O)Nc5ccc(-c6cc(C(=O)NCCCO)n(C)c6)cc5)n4)c(OC)cc3C(=O)N2C1. The van der Waals surface area contributed by atoms with Crippen molar-refractivity contribution in [2.45, 2.75) is 63.5 Å². The third kappa shape index (κ3) is 10.0. The Morgan fingerprint density at radius 3 is 2.48 bits per heavy atom. The van der Waals surface area contributed by atoms with E-state index in [9.17, 15) is 29.1 Å². The van der Waals surface area contributed by atoms with Crippen molar-refractivity contribution in [2.24, 2.45) is 14.1 Å². The molecule has 0 spiro atoms. The molecule has 19 heteroatoms. The lowest BCUT2D eigenvalue weighted by molar-refractivity contribution is -0.195. The van der Waals surface area contributed by atoms with E-state index in [-0.39, 0.29) is 84.7 Å². The van der Waals surface area contributed by atoms with Gasteiger partial charge in [-0.05, 0) is 68.4 Å². The maximum atomic E-state index is 14.0. The molecule has 5 heterocycles. The zero-order valence-corrected chi connectivity index (χ0v) is 35.4. The summed E-state index contributed by atoms with van der Waals surface area (Å²) >= 11 is 0. The number of nitrogens with one attached hydrogen (secondary N) is 3. The Kier molecular flexibility index (Phi) is 13.8. The van der Waals surface area contributed by atoms with Gasteiger partial charge >= 0.3 is 6.09 Å². The second-order valence-corrected chi connectivity index (χ2v) is 15.6. The van der Waals surface area contributed by atoms with Crippen molar-refractivity contribution in [3.05, 3.63) is 84.1 Å². The topological polar surface area (TPSA) is 228 Å². The zero-order chi connectivity index (χ0) is 44.8. The number of aliphatic hydroxyl groups is 1. The lowest BCUT2D eigenvalue weighted by Gasteiger charge is -2.37. The average Bonchev–Trinajstić information content (AvgIpc) is 3.96. The molecule has 0 radical (unpaired) electrons. The van der Waals surface area contributed by atoms with Crippen molar-refractivity contribution in [1.29, 1.82) is 0 Å². The van der Waals surface area contributed by atoms with Crippen molar-refractivity contribution in [3.63, 3.8) is 0 Å². The predicted octanol–water partition coefficient (Wildman–Crippen LogP) is 4.73. The molecule has 334 valence electrons. The third-order valence-corrected chi connectivity index (χ3v) is 11.0. The van der Waals surface area contributed by atoms with E-state index in [1.54, 1.807) is 41.8 Å². The Morgan fingerprint density at radius 1 is 0.968 bits per heavy atom. The van der Waals surface area contributed by atoms with Gasteiger partial charge in [0.05, 0.1) is 31.0 Å². The largest absolute Gasteiger partial charge is 0.493 e. The number of rotatable bonds is 16. The Balaban J connectivity index is 0.951. The van der Waals surface area contributed by atoms with Gasteiger partial charge in [-0.25, -0.2) is 14.7 Å². The Bertz CT molecular complexity index is 2370. The van der Waals surface area contributed by atoms with E-state index in [0.717, 1.165) is 34.4 Å². The van der Waals surface area contributed by atoms with E-state index < -0.39 is 30.6 Å². The van der Waals surface area contributed by atoms with Crippen LogP contribution in [0.2, 0.25) is 0 Å². The summed E-state index contributed by atoms with van der Waals surface area (Å²) in [6, 6.07) is 11.2. The van der Waals surface area contributed by atoms with Gasteiger partial charge in [0.15, 0.2) is 29.8 Å². The van der Waals surface area contributed by atoms with E-state index in [1.165, 1.54) is 30.0 Å². The Labute approximate surface area is 363 Å². The van der Waals surface area contributed by atoms with Gasteiger partial charge in [0.1, 0.15) is 5.69 Å².